The summed E-state index contributed by atoms with van der Waals surface area (Å²) in [7, 11) is 0. The van der Waals surface area contributed by atoms with Crippen LogP contribution in [0.2, 0.25) is 0 Å². The van der Waals surface area contributed by atoms with Gasteiger partial charge in [-0.25, -0.2) is 0 Å². The van der Waals surface area contributed by atoms with Gasteiger partial charge in [0, 0.05) is 19.6 Å². The molecule has 1 unspecified atom stereocenters. The molecule has 0 radical (unpaired) electrons. The van der Waals surface area contributed by atoms with Gasteiger partial charge in [-0.05, 0) is 13.3 Å². The van der Waals surface area contributed by atoms with E-state index in [9.17, 15) is 14.7 Å². The van der Waals surface area contributed by atoms with E-state index >= 15 is 0 Å². The van der Waals surface area contributed by atoms with Gasteiger partial charge in [-0.15, -0.1) is 11.3 Å². The number of hydrogen-bond donors (Lipinski definition) is 4. The van der Waals surface area contributed by atoms with Crippen LogP contribution in [0.3, 0.4) is 0 Å². The van der Waals surface area contributed by atoms with Crippen molar-refractivity contribution in [3.05, 3.63) is 10.4 Å². The van der Waals surface area contributed by atoms with Crippen LogP contribution in [0.25, 0.3) is 0 Å². The van der Waals surface area contributed by atoms with Crippen molar-refractivity contribution in [1.29, 1.82) is 0 Å². The molecule has 0 aliphatic carbocycles. The van der Waals surface area contributed by atoms with Crippen molar-refractivity contribution in [2.45, 2.75) is 19.4 Å². The summed E-state index contributed by atoms with van der Waals surface area (Å²) in [5, 5.41) is 12.8. The van der Waals surface area contributed by atoms with Gasteiger partial charge in [-0.2, -0.15) is 0 Å². The second kappa shape index (κ2) is 5.68. The SMILES string of the molecule is CCNC(=O)c1sc(N2CCC(O)C2)c(C(N)=O)c1N. The number of carbonyl (C=O) groups is 2. The number of rotatable bonds is 4. The zero-order valence-electron chi connectivity index (χ0n) is 11.2. The Morgan fingerprint density at radius 1 is 1.55 bits per heavy atom. The molecule has 1 aliphatic rings. The lowest BCUT2D eigenvalue weighted by Crippen LogP contribution is -2.24. The molecule has 2 rings (SSSR count). The standard InChI is InChI=1S/C12H18N4O3S/c1-2-15-11(19)9-8(13)7(10(14)18)12(20-9)16-4-3-6(17)5-16/h6,17H,2-5,13H2,1H3,(H2,14,18)(H,15,19). The molecule has 110 valence electrons. The molecule has 6 N–H and O–H groups in total. The molecule has 1 aromatic heterocycles. The maximum atomic E-state index is 11.9. The molecule has 20 heavy (non-hydrogen) atoms. The van der Waals surface area contributed by atoms with Crippen LogP contribution in [0.15, 0.2) is 0 Å². The molecule has 1 saturated heterocycles. The molecule has 8 heteroatoms. The molecule has 0 aromatic carbocycles. The number of aliphatic hydroxyl groups is 1. The number of nitrogen functional groups attached to an aromatic ring is 1. The maximum absolute atomic E-state index is 11.9. The summed E-state index contributed by atoms with van der Waals surface area (Å²) in [5.74, 6) is -0.978. The average Bonchev–Trinajstić information content (AvgIpc) is 2.93. The van der Waals surface area contributed by atoms with Crippen LogP contribution in [0.1, 0.15) is 33.4 Å². The summed E-state index contributed by atoms with van der Waals surface area (Å²) in [6.45, 7) is 3.29. The van der Waals surface area contributed by atoms with Gasteiger partial charge in [0.25, 0.3) is 11.8 Å². The molecule has 7 nitrogen and oxygen atoms in total. The van der Waals surface area contributed by atoms with E-state index in [2.05, 4.69) is 5.32 Å². The Kier molecular flexibility index (Phi) is 4.15. The quantitative estimate of drug-likeness (QED) is 0.610. The summed E-state index contributed by atoms with van der Waals surface area (Å²) in [6, 6.07) is 0. The number of anilines is 2. The van der Waals surface area contributed by atoms with E-state index in [-0.39, 0.29) is 22.0 Å². The molecule has 0 bridgehead atoms. The molecule has 2 amide bonds. The van der Waals surface area contributed by atoms with Gasteiger partial charge in [0.1, 0.15) is 9.88 Å². The fourth-order valence-electron chi connectivity index (χ4n) is 2.23. The van der Waals surface area contributed by atoms with Gasteiger partial charge in [-0.3, -0.25) is 9.59 Å². The third kappa shape index (κ3) is 2.56. The summed E-state index contributed by atoms with van der Waals surface area (Å²) in [5.41, 5.74) is 11.6. The largest absolute Gasteiger partial charge is 0.397 e. The van der Waals surface area contributed by atoms with Crippen molar-refractivity contribution < 1.29 is 14.7 Å². The lowest BCUT2D eigenvalue weighted by atomic mass is 10.2. The molecule has 2 heterocycles. The molecule has 0 spiro atoms. The Morgan fingerprint density at radius 2 is 2.25 bits per heavy atom. The van der Waals surface area contributed by atoms with Crippen molar-refractivity contribution in [3.63, 3.8) is 0 Å². The van der Waals surface area contributed by atoms with E-state index in [1.807, 2.05) is 4.90 Å². The second-order valence-electron chi connectivity index (χ2n) is 4.64. The Morgan fingerprint density at radius 3 is 2.75 bits per heavy atom. The first-order valence-corrected chi connectivity index (χ1v) is 7.20. The summed E-state index contributed by atoms with van der Waals surface area (Å²) < 4.78 is 0. The summed E-state index contributed by atoms with van der Waals surface area (Å²) in [4.78, 5) is 25.7. The molecular weight excluding hydrogens is 280 g/mol. The molecule has 1 atom stereocenters. The van der Waals surface area contributed by atoms with Crippen LogP contribution in [0.4, 0.5) is 10.7 Å². The first-order chi connectivity index (χ1) is 9.45. The van der Waals surface area contributed by atoms with E-state index < -0.39 is 12.0 Å². The van der Waals surface area contributed by atoms with E-state index in [0.717, 1.165) is 11.3 Å². The minimum atomic E-state index is -0.661. The highest BCUT2D eigenvalue weighted by Crippen LogP contribution is 2.39. The fraction of sp³-hybridized carbons (Fsp3) is 0.500. The number of thiophene rings is 1. The molecule has 1 fully saturated rings. The molecular formula is C12H18N4O3S. The van der Waals surface area contributed by atoms with E-state index in [0.29, 0.717) is 31.1 Å². The van der Waals surface area contributed by atoms with Crippen LogP contribution in [0, 0.1) is 0 Å². The van der Waals surface area contributed by atoms with E-state index in [1.165, 1.54) is 0 Å². The normalized spacial score (nSPS) is 18.3. The minimum absolute atomic E-state index is 0.116. The Balaban J connectivity index is 2.42. The number of carbonyl (C=O) groups excluding carboxylic acids is 2. The predicted octanol–water partition coefficient (Wildman–Crippen LogP) is -0.250. The molecule has 1 aromatic rings. The van der Waals surface area contributed by atoms with Crippen LogP contribution in [0.5, 0.6) is 0 Å². The third-order valence-electron chi connectivity index (χ3n) is 3.17. The minimum Gasteiger partial charge on any atom is -0.397 e. The highest BCUT2D eigenvalue weighted by atomic mass is 32.1. The lowest BCUT2D eigenvalue weighted by Gasteiger charge is -2.16. The van der Waals surface area contributed by atoms with Crippen molar-refractivity contribution in [3.8, 4) is 0 Å². The van der Waals surface area contributed by atoms with Crippen LogP contribution >= 0.6 is 11.3 Å². The van der Waals surface area contributed by atoms with Gasteiger partial charge in [0.15, 0.2) is 0 Å². The fourth-order valence-corrected chi connectivity index (χ4v) is 3.41. The van der Waals surface area contributed by atoms with Crippen LogP contribution in [-0.4, -0.2) is 42.7 Å². The number of nitrogens with two attached hydrogens (primary N) is 2. The number of amides is 2. The van der Waals surface area contributed by atoms with Crippen molar-refractivity contribution in [2.75, 3.05) is 30.3 Å². The first kappa shape index (κ1) is 14.6. The van der Waals surface area contributed by atoms with Gasteiger partial charge in [-0.1, -0.05) is 0 Å². The van der Waals surface area contributed by atoms with Crippen LogP contribution < -0.4 is 21.7 Å². The average molecular weight is 298 g/mol. The number of nitrogens with one attached hydrogen (secondary N) is 1. The van der Waals surface area contributed by atoms with Crippen molar-refractivity contribution in [2.24, 2.45) is 5.73 Å². The highest BCUT2D eigenvalue weighted by Gasteiger charge is 2.30. The third-order valence-corrected chi connectivity index (χ3v) is 4.43. The number of hydrogen-bond acceptors (Lipinski definition) is 6. The molecule has 0 saturated carbocycles. The topological polar surface area (TPSA) is 122 Å². The van der Waals surface area contributed by atoms with Gasteiger partial charge < -0.3 is 26.8 Å². The maximum Gasteiger partial charge on any atom is 0.263 e. The zero-order valence-corrected chi connectivity index (χ0v) is 12.0. The predicted molar refractivity (Wildman–Crippen MR) is 78.1 cm³/mol. The second-order valence-corrected chi connectivity index (χ2v) is 5.64. The number of nitrogens with zero attached hydrogens (tertiary/aromatic N) is 1. The number of β-amino-alcohol motifs (C(OH)–C–C–N with tert-alkyl or cyclic N) is 1. The monoisotopic (exact) mass is 298 g/mol. The van der Waals surface area contributed by atoms with Crippen molar-refractivity contribution >= 4 is 33.8 Å². The van der Waals surface area contributed by atoms with Gasteiger partial charge in [0.05, 0.1) is 17.4 Å². The van der Waals surface area contributed by atoms with Crippen LogP contribution in [-0.2, 0) is 0 Å². The van der Waals surface area contributed by atoms with E-state index in [4.69, 9.17) is 11.5 Å². The number of aliphatic hydroxyl groups excluding tert-OH is 1. The number of primary amides is 1. The summed E-state index contributed by atoms with van der Waals surface area (Å²) >= 11 is 1.14. The van der Waals surface area contributed by atoms with E-state index in [1.54, 1.807) is 6.92 Å². The van der Waals surface area contributed by atoms with Gasteiger partial charge >= 0.3 is 0 Å². The zero-order chi connectivity index (χ0) is 14.9. The smallest absolute Gasteiger partial charge is 0.263 e. The Labute approximate surface area is 120 Å². The Bertz CT molecular complexity index is 543. The lowest BCUT2D eigenvalue weighted by molar-refractivity contribution is 0.0960. The van der Waals surface area contributed by atoms with Gasteiger partial charge in [0.2, 0.25) is 0 Å². The molecule has 1 aliphatic heterocycles. The Hall–Kier alpha value is -1.80. The first-order valence-electron chi connectivity index (χ1n) is 6.39. The highest BCUT2D eigenvalue weighted by molar-refractivity contribution is 7.19. The van der Waals surface area contributed by atoms with Crippen molar-refractivity contribution in [1.82, 2.24) is 5.32 Å². The summed E-state index contributed by atoms with van der Waals surface area (Å²) in [6.07, 6.45) is 0.180.